The molecule has 0 amide bonds. The van der Waals surface area contributed by atoms with Gasteiger partial charge in [-0.3, -0.25) is 4.49 Å². The Labute approximate surface area is 290 Å². The Kier molecular flexibility index (Phi) is 10.4. The molecule has 0 bridgehead atoms. The van der Waals surface area contributed by atoms with Crippen LogP contribution in [0.5, 0.6) is 0 Å². The molecule has 4 nitrogen and oxygen atoms in total. The van der Waals surface area contributed by atoms with E-state index in [0.717, 1.165) is 36.2 Å². The Bertz CT molecular complexity index is 1630. The number of aromatic amines is 1. The van der Waals surface area contributed by atoms with Crippen molar-refractivity contribution >= 4 is 18.7 Å². The second kappa shape index (κ2) is 15.1. The molecule has 1 N–H and O–H groups in total. The van der Waals surface area contributed by atoms with E-state index in [1.807, 2.05) is 0 Å². The van der Waals surface area contributed by atoms with Crippen LogP contribution in [0.2, 0.25) is 0 Å². The fraction of sp³-hybridized carbons (Fsp3) is 0.605. The van der Waals surface area contributed by atoms with Crippen LogP contribution in [0, 0.1) is 46.2 Å². The second-order valence-corrected chi connectivity index (χ2v) is 16.0. The lowest BCUT2D eigenvalue weighted by Gasteiger charge is -2.31. The summed E-state index contributed by atoms with van der Waals surface area (Å²) in [5.74, 6) is 5.31. The van der Waals surface area contributed by atoms with Crippen molar-refractivity contribution in [3.05, 3.63) is 75.8 Å². The molecule has 1 aromatic carbocycles. The predicted molar refractivity (Wildman–Crippen MR) is 196 cm³/mol. The van der Waals surface area contributed by atoms with Gasteiger partial charge >= 0.3 is 7.41 Å². The smallest absolute Gasteiger partial charge is 0.358 e. The quantitative estimate of drug-likeness (QED) is 0.307. The molecule has 48 heavy (non-hydrogen) atoms. The molecule has 4 atom stereocenters. The first-order valence-corrected chi connectivity index (χ1v) is 19.7. The highest BCUT2D eigenvalue weighted by Crippen LogP contribution is 2.50. The van der Waals surface area contributed by atoms with Crippen molar-refractivity contribution < 1.29 is 4.49 Å². The molecule has 1 radical (unpaired) electrons. The van der Waals surface area contributed by atoms with Gasteiger partial charge in [0.1, 0.15) is 17.6 Å². The number of rotatable bonds is 7. The van der Waals surface area contributed by atoms with Crippen LogP contribution in [0.1, 0.15) is 164 Å². The number of nitriles is 2. The molecular weight excluding hydrogens is 583 g/mol. The minimum atomic E-state index is 0.306. The Morgan fingerprint density at radius 3 is 1.92 bits per heavy atom. The molecule has 4 saturated carbocycles. The molecular formula is C43H55BN4+. The van der Waals surface area contributed by atoms with E-state index in [9.17, 15) is 10.5 Å². The summed E-state index contributed by atoms with van der Waals surface area (Å²) in [5.41, 5.74) is 10.9. The number of H-pyrrole nitrogens is 1. The van der Waals surface area contributed by atoms with Crippen molar-refractivity contribution in [2.75, 3.05) is 0 Å². The highest BCUT2D eigenvalue weighted by molar-refractivity contribution is 6.38. The first kappa shape index (κ1) is 33.2. The minimum absolute atomic E-state index is 0.306. The number of hydrogen-bond donors (Lipinski definition) is 1. The number of nitrogens with zero attached hydrogens (tertiary/aromatic N) is 3. The third-order valence-electron chi connectivity index (χ3n) is 13.0. The lowest BCUT2D eigenvalue weighted by Crippen LogP contribution is -2.29. The SMILES string of the molecule is CC1CCCCC1C1=C(C#N)C(C2CCCCC2)=[N+]([B]C#N)/C1=C(/c1ccccc1)c1[nH]c(C2CCCCC2)cc1C1CCCCC1C. The molecule has 5 heteroatoms. The Balaban J connectivity index is 1.56. The van der Waals surface area contributed by atoms with Crippen molar-refractivity contribution in [3.8, 4) is 12.0 Å². The van der Waals surface area contributed by atoms with E-state index in [2.05, 4.69) is 71.8 Å². The standard InChI is InChI=1S/C43H55BN4/c1-29-16-12-14-24-34(29)36-26-38(31-18-6-3-7-19-31)47-41(36)39(32-20-8-4-9-21-32)43-40(35-25-15-13-17-30(35)2)37(27-45)42(48(43)44-28-46)33-22-10-5-11-23-33/h4,8-9,20-21,26,29-31,33-35,47H,3,5-7,10-19,22-25H2,1-2H3/q+1. The monoisotopic (exact) mass is 638 g/mol. The summed E-state index contributed by atoms with van der Waals surface area (Å²) in [5, 5.41) is 21.6. The van der Waals surface area contributed by atoms with Crippen LogP contribution in [0.25, 0.3) is 5.57 Å². The van der Waals surface area contributed by atoms with Crippen molar-refractivity contribution in [1.29, 1.82) is 10.5 Å². The highest BCUT2D eigenvalue weighted by atomic mass is 15.0. The number of hydrogen-bond acceptors (Lipinski definition) is 2. The Morgan fingerprint density at radius 2 is 1.31 bits per heavy atom. The van der Waals surface area contributed by atoms with Gasteiger partial charge in [0, 0.05) is 17.2 Å². The highest BCUT2D eigenvalue weighted by Gasteiger charge is 2.48. The summed E-state index contributed by atoms with van der Waals surface area (Å²) >= 11 is 0. The van der Waals surface area contributed by atoms with E-state index < -0.39 is 0 Å². The first-order valence-electron chi connectivity index (χ1n) is 19.7. The van der Waals surface area contributed by atoms with Crippen molar-refractivity contribution in [2.24, 2.45) is 23.7 Å². The fourth-order valence-electron chi connectivity index (χ4n) is 10.5. The van der Waals surface area contributed by atoms with Crippen LogP contribution in [0.3, 0.4) is 0 Å². The summed E-state index contributed by atoms with van der Waals surface area (Å²) in [6, 6.07) is 16.4. The topological polar surface area (TPSA) is 66.4 Å². The second-order valence-electron chi connectivity index (χ2n) is 16.0. The van der Waals surface area contributed by atoms with Gasteiger partial charge in [-0.1, -0.05) is 121 Å². The van der Waals surface area contributed by atoms with Gasteiger partial charge in [0.25, 0.3) is 0 Å². The summed E-state index contributed by atoms with van der Waals surface area (Å²) in [7, 11) is 1.76. The van der Waals surface area contributed by atoms with E-state index in [1.54, 1.807) is 7.41 Å². The normalized spacial score (nSPS) is 28.7. The lowest BCUT2D eigenvalue weighted by atomic mass is 9.72. The summed E-state index contributed by atoms with van der Waals surface area (Å²) < 4.78 is 2.25. The van der Waals surface area contributed by atoms with E-state index in [0.29, 0.717) is 35.5 Å². The maximum absolute atomic E-state index is 11.2. The van der Waals surface area contributed by atoms with E-state index in [-0.39, 0.29) is 0 Å². The molecule has 2 aromatic rings. The minimum Gasteiger partial charge on any atom is -0.358 e. The molecule has 4 fully saturated rings. The van der Waals surface area contributed by atoms with Crippen molar-refractivity contribution in [1.82, 2.24) is 4.98 Å². The molecule has 7 rings (SSSR count). The third kappa shape index (κ3) is 6.40. The molecule has 2 heterocycles. The van der Waals surface area contributed by atoms with Crippen LogP contribution in [0.15, 0.2) is 53.2 Å². The number of aromatic nitrogens is 1. The molecule has 1 aromatic heterocycles. The van der Waals surface area contributed by atoms with Gasteiger partial charge < -0.3 is 4.98 Å². The molecule has 1 aliphatic heterocycles. The maximum atomic E-state index is 11.2. The largest absolute Gasteiger partial charge is 0.671 e. The van der Waals surface area contributed by atoms with Gasteiger partial charge in [-0.2, -0.15) is 5.26 Å². The third-order valence-corrected chi connectivity index (χ3v) is 13.0. The summed E-state index contributed by atoms with van der Waals surface area (Å²) in [6.07, 6.45) is 22.2. The van der Waals surface area contributed by atoms with E-state index in [1.165, 1.54) is 130 Å². The molecule has 0 saturated heterocycles. The molecule has 5 aliphatic rings. The van der Waals surface area contributed by atoms with Crippen LogP contribution < -0.4 is 0 Å². The Morgan fingerprint density at radius 1 is 0.729 bits per heavy atom. The molecule has 249 valence electrons. The maximum Gasteiger partial charge on any atom is 0.671 e. The van der Waals surface area contributed by atoms with Gasteiger partial charge in [0.15, 0.2) is 11.4 Å². The number of benzene rings is 1. The first-order chi connectivity index (χ1) is 23.6. The zero-order valence-corrected chi connectivity index (χ0v) is 29.6. The van der Waals surface area contributed by atoms with Crippen molar-refractivity contribution in [3.63, 3.8) is 0 Å². The average molecular weight is 639 g/mol. The van der Waals surface area contributed by atoms with Gasteiger partial charge in [-0.25, -0.2) is 5.26 Å². The summed E-state index contributed by atoms with van der Waals surface area (Å²) in [4.78, 5) is 4.17. The molecule has 0 spiro atoms. The molecule has 4 unspecified atom stereocenters. The van der Waals surface area contributed by atoms with Gasteiger partial charge in [0.2, 0.25) is 0 Å². The predicted octanol–water partition coefficient (Wildman–Crippen LogP) is 10.9. The van der Waals surface area contributed by atoms with Crippen LogP contribution in [-0.4, -0.2) is 22.6 Å². The Hall–Kier alpha value is -3.31. The number of nitrogens with one attached hydrogen (secondary N) is 1. The molecule has 4 aliphatic carbocycles. The van der Waals surface area contributed by atoms with Crippen LogP contribution >= 0.6 is 0 Å². The van der Waals surface area contributed by atoms with Gasteiger partial charge in [-0.05, 0) is 85.3 Å². The zero-order chi connectivity index (χ0) is 33.0. The average Bonchev–Trinajstić information content (AvgIpc) is 3.70. The van der Waals surface area contributed by atoms with Crippen LogP contribution in [-0.2, 0) is 0 Å². The lowest BCUT2D eigenvalue weighted by molar-refractivity contribution is -0.312. The summed E-state index contributed by atoms with van der Waals surface area (Å²) in [6.45, 7) is 4.88. The van der Waals surface area contributed by atoms with E-state index >= 15 is 0 Å². The van der Waals surface area contributed by atoms with Gasteiger partial charge in [0.05, 0.1) is 11.3 Å². The van der Waals surface area contributed by atoms with Crippen molar-refractivity contribution in [2.45, 2.75) is 141 Å². The van der Waals surface area contributed by atoms with E-state index in [4.69, 9.17) is 0 Å². The zero-order valence-electron chi connectivity index (χ0n) is 29.6. The fourth-order valence-corrected chi connectivity index (χ4v) is 10.5. The number of allylic oxidation sites excluding steroid dienone is 2. The van der Waals surface area contributed by atoms with Crippen LogP contribution in [0.4, 0.5) is 0 Å². The van der Waals surface area contributed by atoms with Gasteiger partial charge in [-0.15, -0.1) is 0 Å².